The van der Waals surface area contributed by atoms with Crippen LogP contribution in [-0.4, -0.2) is 30.2 Å². The van der Waals surface area contributed by atoms with Gasteiger partial charge in [-0.15, -0.1) is 0 Å². The summed E-state index contributed by atoms with van der Waals surface area (Å²) < 4.78 is 5.56. The van der Waals surface area contributed by atoms with Gasteiger partial charge in [0, 0.05) is 37.7 Å². The maximum absolute atomic E-state index is 6.10. The minimum absolute atomic E-state index is 0.0650. The summed E-state index contributed by atoms with van der Waals surface area (Å²) in [6, 6.07) is 8.72. The highest BCUT2D eigenvalue weighted by atomic mass is 16.5. The lowest BCUT2D eigenvalue weighted by Gasteiger charge is -2.42. The largest absolute Gasteiger partial charge is 0.381 e. The molecule has 1 aromatic carbocycles. The fourth-order valence-corrected chi connectivity index (χ4v) is 3.27. The van der Waals surface area contributed by atoms with Gasteiger partial charge < -0.3 is 10.5 Å². The molecule has 0 amide bonds. The second-order valence-corrected chi connectivity index (χ2v) is 5.75. The highest BCUT2D eigenvalue weighted by molar-refractivity contribution is 5.31. The molecule has 98 valence electrons. The summed E-state index contributed by atoms with van der Waals surface area (Å²) in [6.07, 6.45) is 1.14. The van der Waals surface area contributed by atoms with Gasteiger partial charge in [-0.1, -0.05) is 24.3 Å². The Bertz CT molecular complexity index is 403. The highest BCUT2D eigenvalue weighted by Crippen LogP contribution is 2.36. The van der Waals surface area contributed by atoms with Gasteiger partial charge in [0.15, 0.2) is 0 Å². The molecule has 1 fully saturated rings. The maximum Gasteiger partial charge on any atom is 0.0513 e. The molecule has 3 nitrogen and oxygen atoms in total. The molecule has 0 radical (unpaired) electrons. The zero-order chi connectivity index (χ0) is 12.6. The van der Waals surface area contributed by atoms with E-state index in [-0.39, 0.29) is 5.54 Å². The molecule has 1 saturated heterocycles. The predicted molar refractivity (Wildman–Crippen MR) is 72.1 cm³/mol. The van der Waals surface area contributed by atoms with Crippen molar-refractivity contribution in [1.82, 2.24) is 4.90 Å². The van der Waals surface area contributed by atoms with Crippen LogP contribution in [0, 0.1) is 5.92 Å². The number of hydrogen-bond donors (Lipinski definition) is 1. The number of rotatable bonds is 3. The molecule has 3 heteroatoms. The third-order valence-corrected chi connectivity index (χ3v) is 4.79. The summed E-state index contributed by atoms with van der Waals surface area (Å²) in [5.41, 5.74) is 9.08. The van der Waals surface area contributed by atoms with Crippen molar-refractivity contribution in [2.75, 3.05) is 19.8 Å². The van der Waals surface area contributed by atoms with Crippen LogP contribution in [0.2, 0.25) is 0 Å². The highest BCUT2D eigenvalue weighted by Gasteiger charge is 2.42. The second kappa shape index (κ2) is 4.65. The first kappa shape index (κ1) is 12.2. The Balaban J connectivity index is 1.82. The molecule has 1 aromatic rings. The average molecular weight is 246 g/mol. The van der Waals surface area contributed by atoms with Gasteiger partial charge in [0.2, 0.25) is 0 Å². The first-order chi connectivity index (χ1) is 8.74. The van der Waals surface area contributed by atoms with E-state index in [1.807, 2.05) is 0 Å². The molecule has 2 unspecified atom stereocenters. The molecule has 3 rings (SSSR count). The van der Waals surface area contributed by atoms with Crippen LogP contribution in [0.5, 0.6) is 0 Å². The Morgan fingerprint density at radius 3 is 2.50 bits per heavy atom. The molecular weight excluding hydrogens is 224 g/mol. The van der Waals surface area contributed by atoms with Crippen molar-refractivity contribution in [3.8, 4) is 0 Å². The Labute approximate surface area is 109 Å². The van der Waals surface area contributed by atoms with Crippen LogP contribution in [0.1, 0.15) is 24.5 Å². The van der Waals surface area contributed by atoms with Gasteiger partial charge in [-0.25, -0.2) is 0 Å². The number of fused-ring (bicyclic) bond motifs is 1. The van der Waals surface area contributed by atoms with Crippen molar-refractivity contribution in [3.05, 3.63) is 35.4 Å². The van der Waals surface area contributed by atoms with Gasteiger partial charge >= 0.3 is 0 Å². The van der Waals surface area contributed by atoms with Gasteiger partial charge in [-0.05, 0) is 24.5 Å². The smallest absolute Gasteiger partial charge is 0.0513 e. The first-order valence-electron chi connectivity index (χ1n) is 6.83. The zero-order valence-electron chi connectivity index (χ0n) is 11.1. The van der Waals surface area contributed by atoms with E-state index in [0.717, 1.165) is 32.7 Å². The molecular formula is C15H22N2O. The van der Waals surface area contributed by atoms with E-state index in [2.05, 4.69) is 36.1 Å². The van der Waals surface area contributed by atoms with Gasteiger partial charge in [0.1, 0.15) is 0 Å². The Hall–Kier alpha value is -0.900. The van der Waals surface area contributed by atoms with E-state index in [9.17, 15) is 0 Å². The number of hydrogen-bond acceptors (Lipinski definition) is 3. The molecule has 2 N–H and O–H groups in total. The number of nitrogens with two attached hydrogens (primary N) is 1. The Kier molecular flexibility index (Phi) is 3.14. The quantitative estimate of drug-likeness (QED) is 0.883. The minimum atomic E-state index is 0.0650. The second-order valence-electron chi connectivity index (χ2n) is 5.75. The number of nitrogens with zero attached hydrogens (tertiary/aromatic N) is 1. The molecule has 0 aromatic heterocycles. The van der Waals surface area contributed by atoms with Crippen LogP contribution in [0.3, 0.4) is 0 Å². The molecule has 0 bridgehead atoms. The standard InChI is InChI=1S/C15H22N2O/c1-15(11-16,14-6-7-18-10-14)17-8-12-4-2-3-5-13(12)9-17/h2-5,14H,6-11,16H2,1H3. The van der Waals surface area contributed by atoms with Gasteiger partial charge in [0.25, 0.3) is 0 Å². The molecule has 2 aliphatic rings. The number of benzene rings is 1. The summed E-state index contributed by atoms with van der Waals surface area (Å²) in [4.78, 5) is 2.54. The minimum Gasteiger partial charge on any atom is -0.381 e. The zero-order valence-corrected chi connectivity index (χ0v) is 11.1. The first-order valence-corrected chi connectivity index (χ1v) is 6.83. The van der Waals surface area contributed by atoms with Crippen molar-refractivity contribution >= 4 is 0 Å². The van der Waals surface area contributed by atoms with E-state index < -0.39 is 0 Å². The maximum atomic E-state index is 6.10. The van der Waals surface area contributed by atoms with E-state index in [1.165, 1.54) is 11.1 Å². The van der Waals surface area contributed by atoms with Crippen molar-refractivity contribution in [2.45, 2.75) is 32.0 Å². The van der Waals surface area contributed by atoms with Crippen molar-refractivity contribution in [2.24, 2.45) is 11.7 Å². The van der Waals surface area contributed by atoms with Crippen LogP contribution in [0.15, 0.2) is 24.3 Å². The Morgan fingerprint density at radius 2 is 2.00 bits per heavy atom. The van der Waals surface area contributed by atoms with Gasteiger partial charge in [-0.3, -0.25) is 4.90 Å². The van der Waals surface area contributed by atoms with Gasteiger partial charge in [0.05, 0.1) is 6.61 Å². The molecule has 0 spiro atoms. The van der Waals surface area contributed by atoms with Crippen molar-refractivity contribution < 1.29 is 4.74 Å². The van der Waals surface area contributed by atoms with E-state index in [0.29, 0.717) is 12.5 Å². The lowest BCUT2D eigenvalue weighted by molar-refractivity contribution is 0.0421. The van der Waals surface area contributed by atoms with Crippen molar-refractivity contribution in [1.29, 1.82) is 0 Å². The molecule has 18 heavy (non-hydrogen) atoms. The van der Waals surface area contributed by atoms with Crippen LogP contribution >= 0.6 is 0 Å². The third-order valence-electron chi connectivity index (χ3n) is 4.79. The fourth-order valence-electron chi connectivity index (χ4n) is 3.27. The van der Waals surface area contributed by atoms with E-state index in [1.54, 1.807) is 0 Å². The van der Waals surface area contributed by atoms with Crippen LogP contribution < -0.4 is 5.73 Å². The molecule has 2 heterocycles. The van der Waals surface area contributed by atoms with E-state index in [4.69, 9.17) is 10.5 Å². The lowest BCUT2D eigenvalue weighted by atomic mass is 9.83. The van der Waals surface area contributed by atoms with Crippen LogP contribution in [0.25, 0.3) is 0 Å². The summed E-state index contributed by atoms with van der Waals surface area (Å²) in [7, 11) is 0. The lowest BCUT2D eigenvalue weighted by Crippen LogP contribution is -2.54. The van der Waals surface area contributed by atoms with Crippen molar-refractivity contribution in [3.63, 3.8) is 0 Å². The Morgan fingerprint density at radius 1 is 1.33 bits per heavy atom. The SMILES string of the molecule is CC(CN)(C1CCOC1)N1Cc2ccccc2C1. The predicted octanol–water partition coefficient (Wildman–Crippen LogP) is 1.76. The molecule has 2 aliphatic heterocycles. The molecule has 0 saturated carbocycles. The van der Waals surface area contributed by atoms with Crippen LogP contribution in [-0.2, 0) is 17.8 Å². The monoisotopic (exact) mass is 246 g/mol. The van der Waals surface area contributed by atoms with E-state index >= 15 is 0 Å². The summed E-state index contributed by atoms with van der Waals surface area (Å²) in [5, 5.41) is 0. The molecule has 0 aliphatic carbocycles. The summed E-state index contributed by atoms with van der Waals surface area (Å²) in [6.45, 7) is 6.82. The third kappa shape index (κ3) is 1.87. The fraction of sp³-hybridized carbons (Fsp3) is 0.600. The summed E-state index contributed by atoms with van der Waals surface area (Å²) >= 11 is 0. The van der Waals surface area contributed by atoms with Gasteiger partial charge in [-0.2, -0.15) is 0 Å². The summed E-state index contributed by atoms with van der Waals surface area (Å²) in [5.74, 6) is 0.566. The average Bonchev–Trinajstić information content (AvgIpc) is 3.06. The normalized spacial score (nSPS) is 27.1. The number of ether oxygens (including phenoxy) is 1. The van der Waals surface area contributed by atoms with Crippen LogP contribution in [0.4, 0.5) is 0 Å². The topological polar surface area (TPSA) is 38.5 Å². The molecule has 2 atom stereocenters.